The third-order valence-corrected chi connectivity index (χ3v) is 4.12. The Balaban J connectivity index is 1.76. The normalized spacial score (nSPS) is 18.4. The summed E-state index contributed by atoms with van der Waals surface area (Å²) in [5.41, 5.74) is 3.58. The molecular weight excluding hydrogens is 249 g/mol. The maximum absolute atomic E-state index is 13.7. The van der Waals surface area contributed by atoms with Crippen molar-refractivity contribution in [1.29, 1.82) is 0 Å². The van der Waals surface area contributed by atoms with Crippen molar-refractivity contribution in [2.24, 2.45) is 0 Å². The molecule has 0 spiro atoms. The lowest BCUT2D eigenvalue weighted by atomic mass is 9.99. The second-order valence-electron chi connectivity index (χ2n) is 5.47. The Bertz CT molecular complexity index is 579. The van der Waals surface area contributed by atoms with Crippen LogP contribution in [-0.2, 0) is 13.0 Å². The van der Waals surface area contributed by atoms with E-state index in [1.165, 1.54) is 30.0 Å². The van der Waals surface area contributed by atoms with Crippen LogP contribution >= 0.6 is 0 Å². The van der Waals surface area contributed by atoms with Gasteiger partial charge in [0, 0.05) is 18.2 Å². The van der Waals surface area contributed by atoms with Gasteiger partial charge in [0.1, 0.15) is 5.82 Å². The summed E-state index contributed by atoms with van der Waals surface area (Å²) in [7, 11) is 0. The Morgan fingerprint density at radius 3 is 2.70 bits per heavy atom. The monoisotopic (exact) mass is 269 g/mol. The molecule has 0 aliphatic heterocycles. The van der Waals surface area contributed by atoms with Gasteiger partial charge in [-0.25, -0.2) is 4.39 Å². The highest BCUT2D eigenvalue weighted by atomic mass is 19.1. The van der Waals surface area contributed by atoms with Crippen molar-refractivity contribution in [3.63, 3.8) is 0 Å². The minimum atomic E-state index is -0.123. The first-order valence-electron chi connectivity index (χ1n) is 7.39. The summed E-state index contributed by atoms with van der Waals surface area (Å²) in [5, 5.41) is 3.53. The number of benzene rings is 2. The van der Waals surface area contributed by atoms with Crippen LogP contribution in [0.2, 0.25) is 0 Å². The van der Waals surface area contributed by atoms with Crippen LogP contribution in [0.25, 0.3) is 0 Å². The summed E-state index contributed by atoms with van der Waals surface area (Å²) in [5.74, 6) is -0.123. The van der Waals surface area contributed by atoms with Gasteiger partial charge in [-0.05, 0) is 36.5 Å². The minimum Gasteiger partial charge on any atom is -0.306 e. The van der Waals surface area contributed by atoms with E-state index in [0.717, 1.165) is 18.4 Å². The number of nitrogens with one attached hydrogen (secondary N) is 1. The van der Waals surface area contributed by atoms with Gasteiger partial charge in [-0.1, -0.05) is 48.9 Å². The molecule has 0 aromatic heterocycles. The van der Waals surface area contributed by atoms with Crippen molar-refractivity contribution in [1.82, 2.24) is 5.32 Å². The number of fused-ring (bicyclic) bond motifs is 1. The maximum atomic E-state index is 13.7. The van der Waals surface area contributed by atoms with Gasteiger partial charge in [0.2, 0.25) is 0 Å². The van der Waals surface area contributed by atoms with Crippen LogP contribution < -0.4 is 5.32 Å². The fourth-order valence-electron chi connectivity index (χ4n) is 3.01. The van der Waals surface area contributed by atoms with Crippen molar-refractivity contribution in [3.05, 3.63) is 71.0 Å². The molecule has 104 valence electrons. The number of rotatable bonds is 3. The molecule has 0 radical (unpaired) electrons. The predicted octanol–water partition coefficient (Wildman–Crippen LogP) is 4.38. The van der Waals surface area contributed by atoms with Gasteiger partial charge in [0.15, 0.2) is 0 Å². The molecule has 0 bridgehead atoms. The molecule has 0 fully saturated rings. The van der Waals surface area contributed by atoms with Gasteiger partial charge in [-0.2, -0.15) is 0 Å². The first kappa shape index (κ1) is 13.3. The molecule has 0 heterocycles. The molecule has 1 unspecified atom stereocenters. The Labute approximate surface area is 119 Å². The second kappa shape index (κ2) is 6.19. The van der Waals surface area contributed by atoms with Gasteiger partial charge in [-0.15, -0.1) is 0 Å². The maximum Gasteiger partial charge on any atom is 0.127 e. The molecule has 1 N–H and O–H groups in total. The summed E-state index contributed by atoms with van der Waals surface area (Å²) in [4.78, 5) is 0. The Morgan fingerprint density at radius 1 is 1.00 bits per heavy atom. The van der Waals surface area contributed by atoms with Gasteiger partial charge in [0.05, 0.1) is 0 Å². The van der Waals surface area contributed by atoms with E-state index in [1.807, 2.05) is 12.1 Å². The average molecular weight is 269 g/mol. The zero-order valence-electron chi connectivity index (χ0n) is 11.6. The fraction of sp³-hybridized carbons (Fsp3) is 0.333. The van der Waals surface area contributed by atoms with E-state index in [0.29, 0.717) is 12.6 Å². The molecular formula is C18H20FN. The number of hydrogen-bond donors (Lipinski definition) is 1. The zero-order chi connectivity index (χ0) is 13.8. The number of aryl methyl sites for hydroxylation is 1. The van der Waals surface area contributed by atoms with Crippen molar-refractivity contribution in [2.45, 2.75) is 38.3 Å². The molecule has 1 aliphatic carbocycles. The summed E-state index contributed by atoms with van der Waals surface area (Å²) >= 11 is 0. The summed E-state index contributed by atoms with van der Waals surface area (Å²) in [6.45, 7) is 0.589. The second-order valence-corrected chi connectivity index (χ2v) is 5.47. The Hall–Kier alpha value is -1.67. The molecule has 2 heteroatoms. The van der Waals surface area contributed by atoms with E-state index < -0.39 is 0 Å². The third kappa shape index (κ3) is 2.91. The molecule has 1 nitrogen and oxygen atoms in total. The minimum absolute atomic E-state index is 0.123. The lowest BCUT2D eigenvalue weighted by molar-refractivity contribution is 0.479. The highest BCUT2D eigenvalue weighted by Gasteiger charge is 2.17. The Morgan fingerprint density at radius 2 is 1.80 bits per heavy atom. The Kier molecular flexibility index (Phi) is 4.12. The van der Waals surface area contributed by atoms with Crippen molar-refractivity contribution >= 4 is 0 Å². The van der Waals surface area contributed by atoms with Crippen molar-refractivity contribution in [2.75, 3.05) is 0 Å². The van der Waals surface area contributed by atoms with Crippen molar-refractivity contribution < 1.29 is 4.39 Å². The van der Waals surface area contributed by atoms with Crippen LogP contribution in [0.15, 0.2) is 48.5 Å². The highest BCUT2D eigenvalue weighted by molar-refractivity contribution is 5.31. The topological polar surface area (TPSA) is 12.0 Å². The van der Waals surface area contributed by atoms with Crippen LogP contribution in [0.4, 0.5) is 4.39 Å². The van der Waals surface area contributed by atoms with E-state index in [1.54, 1.807) is 6.07 Å². The molecule has 20 heavy (non-hydrogen) atoms. The van der Waals surface area contributed by atoms with Crippen LogP contribution in [0.1, 0.15) is 42.0 Å². The molecule has 0 amide bonds. The van der Waals surface area contributed by atoms with Gasteiger partial charge >= 0.3 is 0 Å². The summed E-state index contributed by atoms with van der Waals surface area (Å²) < 4.78 is 13.7. The molecule has 0 saturated heterocycles. The van der Waals surface area contributed by atoms with E-state index in [-0.39, 0.29) is 5.82 Å². The van der Waals surface area contributed by atoms with E-state index in [2.05, 4.69) is 29.6 Å². The number of halogens is 1. The molecule has 1 atom stereocenters. The van der Waals surface area contributed by atoms with Gasteiger partial charge < -0.3 is 5.32 Å². The zero-order valence-corrected chi connectivity index (χ0v) is 11.6. The third-order valence-electron chi connectivity index (χ3n) is 4.12. The van der Waals surface area contributed by atoms with Gasteiger partial charge in [0.25, 0.3) is 0 Å². The number of hydrogen-bond acceptors (Lipinski definition) is 1. The summed E-state index contributed by atoms with van der Waals surface area (Å²) in [6.07, 6.45) is 4.76. The average Bonchev–Trinajstić information content (AvgIpc) is 2.69. The van der Waals surface area contributed by atoms with Crippen LogP contribution in [0.3, 0.4) is 0 Å². The molecule has 0 saturated carbocycles. The largest absolute Gasteiger partial charge is 0.306 e. The first-order valence-corrected chi connectivity index (χ1v) is 7.39. The predicted molar refractivity (Wildman–Crippen MR) is 80.0 cm³/mol. The lowest BCUT2D eigenvalue weighted by Crippen LogP contribution is -2.21. The first-order chi connectivity index (χ1) is 9.84. The lowest BCUT2D eigenvalue weighted by Gasteiger charge is -2.19. The molecule has 2 aromatic rings. The SMILES string of the molecule is Fc1ccccc1CNC1CCCCc2ccccc21. The summed E-state index contributed by atoms with van der Waals surface area (Å²) in [6, 6.07) is 16.0. The van der Waals surface area contributed by atoms with Crippen LogP contribution in [-0.4, -0.2) is 0 Å². The van der Waals surface area contributed by atoms with E-state index in [9.17, 15) is 4.39 Å². The van der Waals surface area contributed by atoms with Crippen LogP contribution in [0.5, 0.6) is 0 Å². The molecule has 2 aromatic carbocycles. The van der Waals surface area contributed by atoms with Crippen molar-refractivity contribution in [3.8, 4) is 0 Å². The van der Waals surface area contributed by atoms with Crippen LogP contribution in [0, 0.1) is 5.82 Å². The smallest absolute Gasteiger partial charge is 0.127 e. The quantitative estimate of drug-likeness (QED) is 0.815. The molecule has 1 aliphatic rings. The highest BCUT2D eigenvalue weighted by Crippen LogP contribution is 2.28. The molecule has 3 rings (SSSR count). The fourth-order valence-corrected chi connectivity index (χ4v) is 3.01. The van der Waals surface area contributed by atoms with Gasteiger partial charge in [-0.3, -0.25) is 0 Å². The van der Waals surface area contributed by atoms with E-state index in [4.69, 9.17) is 0 Å². The van der Waals surface area contributed by atoms with E-state index >= 15 is 0 Å². The standard InChI is InChI=1S/C18H20FN/c19-17-11-5-2-9-15(17)13-20-18-12-6-3-8-14-7-1-4-10-16(14)18/h1-2,4-5,7,9-11,18,20H,3,6,8,12-13H2.